The van der Waals surface area contributed by atoms with Crippen LogP contribution in [0.25, 0.3) is 11.4 Å². The number of carbonyl (C=O) groups is 1. The number of aromatic hydroxyl groups is 1. The molecular weight excluding hydrogens is 340 g/mol. The molecule has 6 nitrogen and oxygen atoms in total. The third kappa shape index (κ3) is 2.79. The normalized spacial score (nSPS) is 12.8. The Morgan fingerprint density at radius 2 is 1.96 bits per heavy atom. The number of aromatic nitrogens is 2. The Balaban J connectivity index is 1.91. The van der Waals surface area contributed by atoms with Crippen LogP contribution in [-0.4, -0.2) is 21.0 Å². The smallest absolute Gasteiger partial charge is 0.237 e. The molecule has 4 rings (SSSR count). The molecule has 0 bridgehead atoms. The van der Waals surface area contributed by atoms with E-state index in [1.54, 1.807) is 25.1 Å². The van der Waals surface area contributed by atoms with Gasteiger partial charge in [-0.2, -0.15) is 5.26 Å². The third-order valence-electron chi connectivity index (χ3n) is 4.61. The van der Waals surface area contributed by atoms with Gasteiger partial charge in [-0.3, -0.25) is 9.69 Å². The van der Waals surface area contributed by atoms with Crippen LogP contribution >= 0.6 is 0 Å². The summed E-state index contributed by atoms with van der Waals surface area (Å²) in [6.45, 7) is 3.74. The van der Waals surface area contributed by atoms with Crippen molar-refractivity contribution in [3.63, 3.8) is 0 Å². The summed E-state index contributed by atoms with van der Waals surface area (Å²) in [6.07, 6.45) is 0.0889. The molecule has 0 unspecified atom stereocenters. The molecule has 3 aromatic rings. The summed E-state index contributed by atoms with van der Waals surface area (Å²) in [4.78, 5) is 23.1. The fourth-order valence-corrected chi connectivity index (χ4v) is 3.17. The molecule has 132 valence electrons. The number of anilines is 2. The summed E-state index contributed by atoms with van der Waals surface area (Å²) in [6, 6.07) is 14.7. The van der Waals surface area contributed by atoms with E-state index in [9.17, 15) is 15.2 Å². The number of nitrogens with zero attached hydrogens (tertiary/aromatic N) is 4. The van der Waals surface area contributed by atoms with Crippen LogP contribution in [0.2, 0.25) is 0 Å². The van der Waals surface area contributed by atoms with Gasteiger partial charge < -0.3 is 5.11 Å². The molecule has 2 heterocycles. The number of rotatable bonds is 2. The first kappa shape index (κ1) is 16.7. The maximum Gasteiger partial charge on any atom is 0.237 e. The van der Waals surface area contributed by atoms with Gasteiger partial charge >= 0.3 is 0 Å². The van der Waals surface area contributed by atoms with Crippen molar-refractivity contribution < 1.29 is 9.90 Å². The van der Waals surface area contributed by atoms with Gasteiger partial charge in [0, 0.05) is 11.1 Å². The van der Waals surface area contributed by atoms with Crippen LogP contribution in [0.4, 0.5) is 11.5 Å². The summed E-state index contributed by atoms with van der Waals surface area (Å²) in [5, 5.41) is 19.5. The van der Waals surface area contributed by atoms with E-state index >= 15 is 0 Å². The molecule has 0 spiro atoms. The zero-order valence-corrected chi connectivity index (χ0v) is 14.9. The zero-order chi connectivity index (χ0) is 19.1. The van der Waals surface area contributed by atoms with Crippen LogP contribution < -0.4 is 4.90 Å². The number of fused-ring (bicyclic) bond motifs is 1. The molecule has 0 fully saturated rings. The number of hydrogen-bond donors (Lipinski definition) is 1. The van der Waals surface area contributed by atoms with Crippen LogP contribution in [0.3, 0.4) is 0 Å². The van der Waals surface area contributed by atoms with Gasteiger partial charge in [0.25, 0.3) is 0 Å². The van der Waals surface area contributed by atoms with E-state index < -0.39 is 0 Å². The average molecular weight is 356 g/mol. The van der Waals surface area contributed by atoms with Crippen molar-refractivity contribution in [2.75, 3.05) is 4.90 Å². The summed E-state index contributed by atoms with van der Waals surface area (Å²) in [5.41, 5.74) is 3.76. The van der Waals surface area contributed by atoms with E-state index in [2.05, 4.69) is 16.0 Å². The minimum absolute atomic E-state index is 0.0889. The van der Waals surface area contributed by atoms with Gasteiger partial charge in [0.2, 0.25) is 5.91 Å². The molecule has 0 radical (unpaired) electrons. The van der Waals surface area contributed by atoms with Crippen LogP contribution in [0.1, 0.15) is 22.4 Å². The maximum atomic E-state index is 12.7. The number of amides is 1. The standard InChI is InChI=1S/C21H16N4O2/c1-12-4-3-5-15(8-12)25-19(27)10-16-17(11-22)23-20(24-21(16)25)14-7-6-13(2)18(26)9-14/h3-9,26H,10H2,1-2H3. The van der Waals surface area contributed by atoms with Gasteiger partial charge in [-0.25, -0.2) is 9.97 Å². The molecule has 0 saturated heterocycles. The number of benzene rings is 2. The van der Waals surface area contributed by atoms with Crippen LogP contribution in [0.5, 0.6) is 5.75 Å². The number of phenolic OH excluding ortho intramolecular Hbond substituents is 1. The second-order valence-corrected chi connectivity index (χ2v) is 6.56. The maximum absolute atomic E-state index is 12.7. The summed E-state index contributed by atoms with van der Waals surface area (Å²) >= 11 is 0. The Morgan fingerprint density at radius 1 is 1.15 bits per heavy atom. The monoisotopic (exact) mass is 356 g/mol. The lowest BCUT2D eigenvalue weighted by atomic mass is 10.1. The van der Waals surface area contributed by atoms with Crippen molar-refractivity contribution in [2.45, 2.75) is 20.3 Å². The summed E-state index contributed by atoms with van der Waals surface area (Å²) in [5.74, 6) is 0.701. The molecule has 2 aromatic carbocycles. The van der Waals surface area contributed by atoms with Crippen molar-refractivity contribution in [3.8, 4) is 23.2 Å². The van der Waals surface area contributed by atoms with Crippen molar-refractivity contribution in [1.29, 1.82) is 5.26 Å². The van der Waals surface area contributed by atoms with Crippen molar-refractivity contribution in [1.82, 2.24) is 9.97 Å². The number of phenols is 1. The third-order valence-corrected chi connectivity index (χ3v) is 4.61. The molecule has 1 amide bonds. The zero-order valence-electron chi connectivity index (χ0n) is 14.9. The molecule has 1 aromatic heterocycles. The predicted octanol–water partition coefficient (Wildman–Crippen LogP) is 3.56. The Kier molecular flexibility index (Phi) is 3.85. The fourth-order valence-electron chi connectivity index (χ4n) is 3.17. The highest BCUT2D eigenvalue weighted by molar-refractivity contribution is 6.07. The lowest BCUT2D eigenvalue weighted by Gasteiger charge is -2.17. The average Bonchev–Trinajstić information content (AvgIpc) is 2.99. The lowest BCUT2D eigenvalue weighted by molar-refractivity contribution is -0.116. The van der Waals surface area contributed by atoms with Crippen molar-refractivity contribution in [3.05, 3.63) is 64.8 Å². The number of hydrogen-bond acceptors (Lipinski definition) is 5. The van der Waals surface area contributed by atoms with E-state index in [1.807, 2.05) is 31.2 Å². The molecular formula is C21H16N4O2. The van der Waals surface area contributed by atoms with Crippen LogP contribution in [0, 0.1) is 25.2 Å². The molecule has 1 aliphatic heterocycles. The second kappa shape index (κ2) is 6.22. The van der Waals surface area contributed by atoms with Gasteiger partial charge in [0.15, 0.2) is 5.82 Å². The summed E-state index contributed by atoms with van der Waals surface area (Å²) < 4.78 is 0. The molecule has 0 saturated carbocycles. The number of aryl methyl sites for hydroxylation is 2. The minimum atomic E-state index is -0.148. The lowest BCUT2D eigenvalue weighted by Crippen LogP contribution is -2.21. The quantitative estimate of drug-likeness (QED) is 0.758. The minimum Gasteiger partial charge on any atom is -0.508 e. The van der Waals surface area contributed by atoms with Gasteiger partial charge in [-0.15, -0.1) is 0 Å². The molecule has 27 heavy (non-hydrogen) atoms. The van der Waals surface area contributed by atoms with Gasteiger partial charge in [-0.05, 0) is 43.2 Å². The van der Waals surface area contributed by atoms with Gasteiger partial charge in [-0.1, -0.05) is 24.3 Å². The Bertz CT molecular complexity index is 1130. The van der Waals surface area contributed by atoms with Crippen LogP contribution in [0.15, 0.2) is 42.5 Å². The topological polar surface area (TPSA) is 90.1 Å². The van der Waals surface area contributed by atoms with Crippen molar-refractivity contribution >= 4 is 17.4 Å². The summed E-state index contributed by atoms with van der Waals surface area (Å²) in [7, 11) is 0. The first-order chi connectivity index (χ1) is 13.0. The highest BCUT2D eigenvalue weighted by Gasteiger charge is 2.34. The number of carbonyl (C=O) groups excluding carboxylic acids is 1. The molecule has 6 heteroatoms. The number of nitriles is 1. The predicted molar refractivity (Wildman–Crippen MR) is 101 cm³/mol. The molecule has 1 aliphatic rings. The van der Waals surface area contributed by atoms with E-state index in [4.69, 9.17) is 0 Å². The molecule has 0 atom stereocenters. The Labute approximate surface area is 156 Å². The largest absolute Gasteiger partial charge is 0.508 e. The van der Waals surface area contributed by atoms with Gasteiger partial charge in [0.1, 0.15) is 23.3 Å². The van der Waals surface area contributed by atoms with E-state index in [0.717, 1.165) is 11.1 Å². The Morgan fingerprint density at radius 3 is 2.67 bits per heavy atom. The molecule has 1 N–H and O–H groups in total. The van der Waals surface area contributed by atoms with Crippen molar-refractivity contribution in [2.24, 2.45) is 0 Å². The van der Waals surface area contributed by atoms with Gasteiger partial charge in [0.05, 0.1) is 12.1 Å². The van der Waals surface area contributed by atoms with E-state index in [-0.39, 0.29) is 23.8 Å². The SMILES string of the molecule is Cc1cccc(N2C(=O)Cc3c(C#N)nc(-c4ccc(C)c(O)c4)nc32)c1. The first-order valence-electron chi connectivity index (χ1n) is 8.48. The molecule has 0 aliphatic carbocycles. The van der Waals surface area contributed by atoms with Crippen LogP contribution in [-0.2, 0) is 11.2 Å². The second-order valence-electron chi connectivity index (χ2n) is 6.56. The fraction of sp³-hybridized carbons (Fsp3) is 0.143. The van der Waals surface area contributed by atoms with E-state index in [0.29, 0.717) is 28.5 Å². The Hall–Kier alpha value is -3.72. The first-order valence-corrected chi connectivity index (χ1v) is 8.48. The highest BCUT2D eigenvalue weighted by atomic mass is 16.3. The van der Waals surface area contributed by atoms with E-state index in [1.165, 1.54) is 4.90 Å². The highest BCUT2D eigenvalue weighted by Crippen LogP contribution is 2.37.